The molecular weight excluding hydrogens is 386 g/mol. The fourth-order valence-corrected chi connectivity index (χ4v) is 2.87. The first kappa shape index (κ1) is 20.6. The van der Waals surface area contributed by atoms with E-state index in [-0.39, 0.29) is 5.56 Å². The lowest BCUT2D eigenvalue weighted by Crippen LogP contribution is -2.21. The number of nitrogens with two attached hydrogens (primary N) is 1. The number of ether oxygens (including phenoxy) is 1. The standard InChI is InChI=1S/C21H21N5O4/c1-13-19(14(2)26(25-13)17-6-4-3-5-7-17)24-18(27)12-30-20(28)15-8-10-16(11-9-15)23-21(22)29/h3-11H,12H2,1-2H3,(H,24,27)(H3,22,23,29). The zero-order valence-electron chi connectivity index (χ0n) is 16.5. The minimum absolute atomic E-state index is 0.238. The van der Waals surface area contributed by atoms with Gasteiger partial charge in [0, 0.05) is 5.69 Å². The number of carbonyl (C=O) groups excluding carboxylic acids is 3. The molecule has 0 saturated carbocycles. The predicted molar refractivity (Wildman–Crippen MR) is 112 cm³/mol. The highest BCUT2D eigenvalue weighted by molar-refractivity contribution is 5.96. The molecule has 0 spiro atoms. The largest absolute Gasteiger partial charge is 0.452 e. The summed E-state index contributed by atoms with van der Waals surface area (Å²) in [6, 6.07) is 14.8. The van der Waals surface area contributed by atoms with E-state index in [9.17, 15) is 14.4 Å². The van der Waals surface area contributed by atoms with Gasteiger partial charge in [0.2, 0.25) is 0 Å². The van der Waals surface area contributed by atoms with Gasteiger partial charge in [-0.25, -0.2) is 14.3 Å². The summed E-state index contributed by atoms with van der Waals surface area (Å²) in [6.45, 7) is 3.18. The average Bonchev–Trinajstić information content (AvgIpc) is 3.01. The highest BCUT2D eigenvalue weighted by atomic mass is 16.5. The first-order valence-corrected chi connectivity index (χ1v) is 9.10. The number of carbonyl (C=O) groups is 3. The highest BCUT2D eigenvalue weighted by Crippen LogP contribution is 2.22. The van der Waals surface area contributed by atoms with Gasteiger partial charge in [0.25, 0.3) is 5.91 Å². The van der Waals surface area contributed by atoms with Crippen LogP contribution in [0.15, 0.2) is 54.6 Å². The molecule has 2 aromatic carbocycles. The molecule has 9 heteroatoms. The summed E-state index contributed by atoms with van der Waals surface area (Å²) in [7, 11) is 0. The lowest BCUT2D eigenvalue weighted by Gasteiger charge is -2.08. The normalized spacial score (nSPS) is 10.3. The van der Waals surface area contributed by atoms with Crippen LogP contribution in [0.1, 0.15) is 21.7 Å². The number of hydrogen-bond acceptors (Lipinski definition) is 5. The van der Waals surface area contributed by atoms with E-state index in [1.165, 1.54) is 24.3 Å². The monoisotopic (exact) mass is 407 g/mol. The van der Waals surface area contributed by atoms with E-state index in [0.717, 1.165) is 11.4 Å². The van der Waals surface area contributed by atoms with Crippen molar-refractivity contribution in [3.8, 4) is 5.69 Å². The summed E-state index contributed by atoms with van der Waals surface area (Å²) in [6.07, 6.45) is 0. The van der Waals surface area contributed by atoms with Crippen molar-refractivity contribution in [3.63, 3.8) is 0 Å². The molecule has 3 rings (SSSR count). The Labute approximate surface area is 172 Å². The zero-order valence-corrected chi connectivity index (χ0v) is 16.5. The van der Waals surface area contributed by atoms with Crippen LogP contribution in [0.3, 0.4) is 0 Å². The van der Waals surface area contributed by atoms with E-state index in [2.05, 4.69) is 15.7 Å². The van der Waals surface area contributed by atoms with Crippen molar-refractivity contribution in [2.75, 3.05) is 17.2 Å². The lowest BCUT2D eigenvalue weighted by molar-refractivity contribution is -0.119. The molecule has 0 unspecified atom stereocenters. The summed E-state index contributed by atoms with van der Waals surface area (Å²) < 4.78 is 6.80. The maximum Gasteiger partial charge on any atom is 0.338 e. The zero-order chi connectivity index (χ0) is 21.7. The number of primary amides is 1. The topological polar surface area (TPSA) is 128 Å². The molecule has 0 aliphatic rings. The molecule has 1 aromatic heterocycles. The van der Waals surface area contributed by atoms with Crippen molar-refractivity contribution < 1.29 is 19.1 Å². The molecular formula is C21H21N5O4. The van der Waals surface area contributed by atoms with Crippen LogP contribution in [0.2, 0.25) is 0 Å². The third kappa shape index (κ3) is 4.82. The lowest BCUT2D eigenvalue weighted by atomic mass is 10.2. The van der Waals surface area contributed by atoms with E-state index < -0.39 is 24.5 Å². The number of rotatable bonds is 6. The highest BCUT2D eigenvalue weighted by Gasteiger charge is 2.16. The van der Waals surface area contributed by atoms with E-state index >= 15 is 0 Å². The molecule has 30 heavy (non-hydrogen) atoms. The van der Waals surface area contributed by atoms with E-state index in [4.69, 9.17) is 10.5 Å². The Morgan fingerprint density at radius 1 is 1.00 bits per heavy atom. The van der Waals surface area contributed by atoms with Crippen LogP contribution in [0.5, 0.6) is 0 Å². The summed E-state index contributed by atoms with van der Waals surface area (Å²) in [5.74, 6) is -1.14. The van der Waals surface area contributed by atoms with E-state index in [0.29, 0.717) is 17.1 Å². The van der Waals surface area contributed by atoms with Crippen molar-refractivity contribution in [1.29, 1.82) is 0 Å². The third-order valence-electron chi connectivity index (χ3n) is 4.28. The Hall–Kier alpha value is -4.14. The minimum atomic E-state index is -0.705. The number of urea groups is 1. The number of anilines is 2. The molecule has 0 saturated heterocycles. The van der Waals surface area contributed by atoms with Gasteiger partial charge in [-0.05, 0) is 50.2 Å². The number of nitrogens with zero attached hydrogens (tertiary/aromatic N) is 2. The molecule has 0 radical (unpaired) electrons. The molecule has 0 aliphatic heterocycles. The van der Waals surface area contributed by atoms with Crippen molar-refractivity contribution >= 4 is 29.3 Å². The van der Waals surface area contributed by atoms with E-state index in [1.54, 1.807) is 11.6 Å². The van der Waals surface area contributed by atoms with Crippen LogP contribution in [0.25, 0.3) is 5.69 Å². The van der Waals surface area contributed by atoms with Crippen LogP contribution in [-0.4, -0.2) is 34.3 Å². The number of aromatic nitrogens is 2. The van der Waals surface area contributed by atoms with Crippen LogP contribution in [0.4, 0.5) is 16.2 Å². The van der Waals surface area contributed by atoms with Gasteiger partial charge >= 0.3 is 12.0 Å². The number of aryl methyl sites for hydroxylation is 1. The Morgan fingerprint density at radius 3 is 2.30 bits per heavy atom. The van der Waals surface area contributed by atoms with Crippen LogP contribution < -0.4 is 16.4 Å². The second-order valence-electron chi connectivity index (χ2n) is 6.48. The second kappa shape index (κ2) is 8.91. The van der Waals surface area contributed by atoms with E-state index in [1.807, 2.05) is 37.3 Å². The first-order valence-electron chi connectivity index (χ1n) is 9.10. The third-order valence-corrected chi connectivity index (χ3v) is 4.28. The SMILES string of the molecule is Cc1nn(-c2ccccc2)c(C)c1NC(=O)COC(=O)c1ccc(NC(N)=O)cc1. The van der Waals surface area contributed by atoms with Crippen molar-refractivity contribution in [1.82, 2.24) is 9.78 Å². The number of esters is 1. The summed E-state index contributed by atoms with van der Waals surface area (Å²) >= 11 is 0. The number of benzene rings is 2. The fourth-order valence-electron chi connectivity index (χ4n) is 2.87. The molecule has 154 valence electrons. The maximum absolute atomic E-state index is 12.3. The molecule has 1 heterocycles. The van der Waals surface area contributed by atoms with Gasteiger partial charge in [-0.15, -0.1) is 0 Å². The number of amides is 3. The van der Waals surface area contributed by atoms with Gasteiger partial charge in [0.1, 0.15) is 0 Å². The molecule has 0 atom stereocenters. The van der Waals surface area contributed by atoms with Crippen molar-refractivity contribution in [2.24, 2.45) is 5.73 Å². The predicted octanol–water partition coefficient (Wildman–Crippen LogP) is 2.78. The maximum atomic E-state index is 12.3. The number of hydrogen-bond donors (Lipinski definition) is 3. The van der Waals surface area contributed by atoms with Crippen molar-refractivity contribution in [3.05, 3.63) is 71.5 Å². The molecule has 3 amide bonds. The van der Waals surface area contributed by atoms with Crippen LogP contribution in [-0.2, 0) is 9.53 Å². The minimum Gasteiger partial charge on any atom is -0.452 e. The Balaban J connectivity index is 1.60. The molecule has 4 N–H and O–H groups in total. The number of para-hydroxylation sites is 1. The summed E-state index contributed by atoms with van der Waals surface area (Å²) in [5, 5.41) is 9.59. The Kier molecular flexibility index (Phi) is 6.11. The molecule has 0 fully saturated rings. The smallest absolute Gasteiger partial charge is 0.338 e. The molecule has 0 bridgehead atoms. The van der Waals surface area contributed by atoms with Gasteiger partial charge in [0.05, 0.1) is 28.3 Å². The summed E-state index contributed by atoms with van der Waals surface area (Å²) in [5.41, 5.74) is 8.56. The first-order chi connectivity index (χ1) is 14.3. The van der Waals surface area contributed by atoms with Gasteiger partial charge in [-0.1, -0.05) is 18.2 Å². The molecule has 3 aromatic rings. The fraction of sp³-hybridized carbons (Fsp3) is 0.143. The quantitative estimate of drug-likeness (QED) is 0.541. The van der Waals surface area contributed by atoms with Gasteiger partial charge in [0.15, 0.2) is 6.61 Å². The Bertz CT molecular complexity index is 1070. The average molecular weight is 407 g/mol. The Morgan fingerprint density at radius 2 is 1.67 bits per heavy atom. The molecule has 9 nitrogen and oxygen atoms in total. The van der Waals surface area contributed by atoms with Gasteiger partial charge in [-0.2, -0.15) is 5.10 Å². The summed E-state index contributed by atoms with van der Waals surface area (Å²) in [4.78, 5) is 35.2. The second-order valence-corrected chi connectivity index (χ2v) is 6.48. The van der Waals surface area contributed by atoms with Gasteiger partial charge in [-0.3, -0.25) is 4.79 Å². The van der Waals surface area contributed by atoms with Crippen molar-refractivity contribution in [2.45, 2.75) is 13.8 Å². The van der Waals surface area contributed by atoms with Crippen LogP contribution in [0, 0.1) is 13.8 Å². The van der Waals surface area contributed by atoms with Crippen LogP contribution >= 0.6 is 0 Å². The molecule has 0 aliphatic carbocycles. The van der Waals surface area contributed by atoms with Gasteiger partial charge < -0.3 is 21.1 Å². The number of nitrogens with one attached hydrogen (secondary N) is 2.